The van der Waals surface area contributed by atoms with Crippen LogP contribution >= 0.6 is 0 Å². The van der Waals surface area contributed by atoms with Crippen molar-refractivity contribution in [3.63, 3.8) is 0 Å². The van der Waals surface area contributed by atoms with E-state index in [2.05, 4.69) is 0 Å². The topological polar surface area (TPSA) is 37.3 Å². The highest BCUT2D eigenvalue weighted by molar-refractivity contribution is 6.08. The van der Waals surface area contributed by atoms with Gasteiger partial charge in [-0.1, -0.05) is 60.7 Å². The summed E-state index contributed by atoms with van der Waals surface area (Å²) in [4.78, 5) is 12.1. The highest BCUT2D eigenvalue weighted by atomic mass is 19.1. The van der Waals surface area contributed by atoms with E-state index in [-0.39, 0.29) is 11.3 Å². The molecular weight excluding hydrogens is 303 g/mol. The van der Waals surface area contributed by atoms with Crippen LogP contribution in [-0.4, -0.2) is 10.9 Å². The summed E-state index contributed by atoms with van der Waals surface area (Å²) in [5.41, 5.74) is 3.00. The lowest BCUT2D eigenvalue weighted by Gasteiger charge is -2.02. The molecule has 0 radical (unpaired) electrons. The lowest BCUT2D eigenvalue weighted by atomic mass is 10.0. The number of ketones is 1. The van der Waals surface area contributed by atoms with Crippen LogP contribution in [0.1, 0.15) is 15.9 Å². The molecule has 0 aliphatic heterocycles. The fourth-order valence-electron chi connectivity index (χ4n) is 2.38. The SMILES string of the molecule is O=C(/C=C/c1ccc(-c2ccccc2)cc1)c1cc(F)ccc1O. The number of aromatic hydroxyl groups is 1. The predicted molar refractivity (Wildman–Crippen MR) is 93.3 cm³/mol. The molecule has 0 saturated heterocycles. The van der Waals surface area contributed by atoms with Crippen molar-refractivity contribution in [3.05, 3.63) is 95.8 Å². The van der Waals surface area contributed by atoms with Crippen molar-refractivity contribution >= 4 is 11.9 Å². The van der Waals surface area contributed by atoms with Crippen molar-refractivity contribution in [2.45, 2.75) is 0 Å². The fourth-order valence-corrected chi connectivity index (χ4v) is 2.38. The molecule has 2 nitrogen and oxygen atoms in total. The Hall–Kier alpha value is -3.20. The molecule has 0 fully saturated rings. The van der Waals surface area contributed by atoms with Crippen LogP contribution in [0.4, 0.5) is 4.39 Å². The maximum atomic E-state index is 13.2. The van der Waals surface area contributed by atoms with Gasteiger partial charge in [0.15, 0.2) is 5.78 Å². The molecule has 0 saturated carbocycles. The molecule has 0 unspecified atom stereocenters. The van der Waals surface area contributed by atoms with Gasteiger partial charge in [0.25, 0.3) is 0 Å². The van der Waals surface area contributed by atoms with Gasteiger partial charge in [0, 0.05) is 0 Å². The lowest BCUT2D eigenvalue weighted by Crippen LogP contribution is -1.95. The van der Waals surface area contributed by atoms with Crippen molar-refractivity contribution in [3.8, 4) is 16.9 Å². The first-order chi connectivity index (χ1) is 11.6. The molecule has 118 valence electrons. The molecule has 3 aromatic carbocycles. The molecular formula is C21H15FO2. The zero-order valence-corrected chi connectivity index (χ0v) is 12.8. The Morgan fingerprint density at radius 1 is 0.875 bits per heavy atom. The second-order valence-electron chi connectivity index (χ2n) is 5.35. The summed E-state index contributed by atoms with van der Waals surface area (Å²) in [5.74, 6) is -1.23. The van der Waals surface area contributed by atoms with E-state index in [9.17, 15) is 14.3 Å². The van der Waals surface area contributed by atoms with Gasteiger partial charge in [-0.2, -0.15) is 0 Å². The quantitative estimate of drug-likeness (QED) is 0.537. The number of carbonyl (C=O) groups is 1. The molecule has 3 aromatic rings. The van der Waals surface area contributed by atoms with Crippen molar-refractivity contribution in [1.82, 2.24) is 0 Å². The van der Waals surface area contributed by atoms with Crippen molar-refractivity contribution in [2.24, 2.45) is 0 Å². The molecule has 3 rings (SSSR count). The number of carbonyl (C=O) groups excluding carboxylic acids is 1. The maximum Gasteiger partial charge on any atom is 0.189 e. The van der Waals surface area contributed by atoms with Crippen LogP contribution in [0.25, 0.3) is 17.2 Å². The first kappa shape index (κ1) is 15.7. The van der Waals surface area contributed by atoms with Crippen molar-refractivity contribution in [1.29, 1.82) is 0 Å². The Labute approximate surface area is 139 Å². The molecule has 0 amide bonds. The first-order valence-corrected chi connectivity index (χ1v) is 7.50. The Morgan fingerprint density at radius 2 is 1.54 bits per heavy atom. The zero-order valence-electron chi connectivity index (χ0n) is 12.8. The van der Waals surface area contributed by atoms with E-state index in [0.29, 0.717) is 0 Å². The highest BCUT2D eigenvalue weighted by Gasteiger charge is 2.09. The van der Waals surface area contributed by atoms with Crippen LogP contribution in [0.15, 0.2) is 78.9 Å². The normalized spacial score (nSPS) is 10.9. The number of phenolic OH excluding ortho intramolecular Hbond substituents is 1. The van der Waals surface area contributed by atoms with Crippen LogP contribution in [0, 0.1) is 5.82 Å². The lowest BCUT2D eigenvalue weighted by molar-refractivity contribution is 0.104. The van der Waals surface area contributed by atoms with Gasteiger partial charge >= 0.3 is 0 Å². The second-order valence-corrected chi connectivity index (χ2v) is 5.35. The molecule has 0 aliphatic rings. The van der Waals surface area contributed by atoms with Crippen LogP contribution < -0.4 is 0 Å². The summed E-state index contributed by atoms with van der Waals surface area (Å²) >= 11 is 0. The molecule has 0 atom stereocenters. The number of rotatable bonds is 4. The van der Waals surface area contributed by atoms with Gasteiger partial charge in [-0.15, -0.1) is 0 Å². The Balaban J connectivity index is 1.77. The monoisotopic (exact) mass is 318 g/mol. The third-order valence-electron chi connectivity index (χ3n) is 3.67. The number of phenols is 1. The molecule has 0 heterocycles. The minimum Gasteiger partial charge on any atom is -0.507 e. The Bertz CT molecular complexity index is 881. The molecule has 3 heteroatoms. The third kappa shape index (κ3) is 3.58. The summed E-state index contributed by atoms with van der Waals surface area (Å²) in [6.07, 6.45) is 2.97. The van der Waals surface area contributed by atoms with Gasteiger partial charge in [0.05, 0.1) is 5.56 Å². The average Bonchev–Trinajstić information content (AvgIpc) is 2.63. The highest BCUT2D eigenvalue weighted by Crippen LogP contribution is 2.21. The largest absolute Gasteiger partial charge is 0.507 e. The number of hydrogen-bond donors (Lipinski definition) is 1. The van der Waals surface area contributed by atoms with Gasteiger partial charge in [0.1, 0.15) is 11.6 Å². The summed E-state index contributed by atoms with van der Waals surface area (Å²) in [7, 11) is 0. The summed E-state index contributed by atoms with van der Waals surface area (Å²) in [6, 6.07) is 21.0. The first-order valence-electron chi connectivity index (χ1n) is 7.50. The number of benzene rings is 3. The van der Waals surface area contributed by atoms with Gasteiger partial charge in [-0.05, 0) is 41.0 Å². The summed E-state index contributed by atoms with van der Waals surface area (Å²) < 4.78 is 13.2. The summed E-state index contributed by atoms with van der Waals surface area (Å²) in [6.45, 7) is 0. The zero-order chi connectivity index (χ0) is 16.9. The van der Waals surface area contributed by atoms with E-state index < -0.39 is 11.6 Å². The number of halogens is 1. The van der Waals surface area contributed by atoms with E-state index in [1.54, 1.807) is 6.08 Å². The smallest absolute Gasteiger partial charge is 0.189 e. The van der Waals surface area contributed by atoms with Gasteiger partial charge in [-0.25, -0.2) is 4.39 Å². The van der Waals surface area contributed by atoms with Crippen molar-refractivity contribution in [2.75, 3.05) is 0 Å². The molecule has 0 spiro atoms. The molecule has 0 aromatic heterocycles. The fraction of sp³-hybridized carbons (Fsp3) is 0. The molecule has 0 bridgehead atoms. The van der Waals surface area contributed by atoms with E-state index in [0.717, 1.165) is 28.8 Å². The second kappa shape index (κ2) is 6.92. The predicted octanol–water partition coefficient (Wildman–Crippen LogP) is 5.09. The van der Waals surface area contributed by atoms with Gasteiger partial charge in [0.2, 0.25) is 0 Å². The number of allylic oxidation sites excluding steroid dienone is 1. The summed E-state index contributed by atoms with van der Waals surface area (Å²) in [5, 5.41) is 9.64. The Kier molecular flexibility index (Phi) is 4.52. The van der Waals surface area contributed by atoms with E-state index in [1.165, 1.54) is 12.1 Å². The van der Waals surface area contributed by atoms with E-state index in [4.69, 9.17) is 0 Å². The minimum atomic E-state index is -0.559. The van der Waals surface area contributed by atoms with Gasteiger partial charge < -0.3 is 5.11 Å². The van der Waals surface area contributed by atoms with Gasteiger partial charge in [-0.3, -0.25) is 4.79 Å². The molecule has 0 aliphatic carbocycles. The minimum absolute atomic E-state index is 0.0489. The maximum absolute atomic E-state index is 13.2. The van der Waals surface area contributed by atoms with E-state index in [1.807, 2.05) is 54.6 Å². The molecule has 24 heavy (non-hydrogen) atoms. The number of hydrogen-bond acceptors (Lipinski definition) is 2. The van der Waals surface area contributed by atoms with Crippen LogP contribution in [-0.2, 0) is 0 Å². The van der Waals surface area contributed by atoms with Crippen LogP contribution in [0.3, 0.4) is 0 Å². The standard InChI is InChI=1S/C21H15FO2/c22-18-11-13-21(24)19(14-18)20(23)12-8-15-6-9-17(10-7-15)16-4-2-1-3-5-16/h1-14,24H/b12-8+. The third-order valence-corrected chi connectivity index (χ3v) is 3.67. The average molecular weight is 318 g/mol. The van der Waals surface area contributed by atoms with E-state index >= 15 is 0 Å². The van der Waals surface area contributed by atoms with Crippen molar-refractivity contribution < 1.29 is 14.3 Å². The van der Waals surface area contributed by atoms with Crippen LogP contribution in [0.5, 0.6) is 5.75 Å². The van der Waals surface area contributed by atoms with Crippen LogP contribution in [0.2, 0.25) is 0 Å². The molecule has 1 N–H and O–H groups in total. The Morgan fingerprint density at radius 3 is 2.25 bits per heavy atom.